The van der Waals surface area contributed by atoms with Crippen LogP contribution < -0.4 is 0 Å². The summed E-state index contributed by atoms with van der Waals surface area (Å²) in [7, 11) is 0. The molecule has 0 radical (unpaired) electrons. The predicted octanol–water partition coefficient (Wildman–Crippen LogP) is 3.34. The molecule has 2 aromatic carbocycles. The molecule has 12 N–H and O–H groups in total. The highest BCUT2D eigenvalue weighted by Gasteiger charge is 2.33. The summed E-state index contributed by atoms with van der Waals surface area (Å²) < 4.78 is 1.05. The SMILES string of the molecule is CCCCCCc1cc(C2=CC=C(c3cc(CC(O)C(O)C(O)CO)c(CC(O)C(O)C(O)CO)c(CC(O)C(O)C(O)CO)c3)[N+]2=[N-])cc(CCCCCC)c1CCCCCC. The van der Waals surface area contributed by atoms with Gasteiger partial charge in [-0.2, -0.15) is 0 Å². The Balaban J connectivity index is 2.21. The van der Waals surface area contributed by atoms with E-state index in [1.165, 1.54) is 23.1 Å². The van der Waals surface area contributed by atoms with Crippen molar-refractivity contribution in [1.82, 2.24) is 0 Å². The second kappa shape index (κ2) is 28.2. The lowest BCUT2D eigenvalue weighted by molar-refractivity contribution is -0.344. The first kappa shape index (κ1) is 54.4. The predicted molar refractivity (Wildman–Crippen MR) is 242 cm³/mol. The molecule has 356 valence electrons. The monoisotopic (exact) mass is 887 g/mol. The zero-order valence-electron chi connectivity index (χ0n) is 37.8. The molecule has 63 heavy (non-hydrogen) atoms. The standard InChI is InChI=1S/C49H78N2O12/c1-4-7-10-13-16-31-21-35(22-32(17-14-11-8-5-2)37(31)18-15-12-9-6-3)39-19-20-40(51(39)50)36-23-33(25-41(55)47(61)44(58)28-52)38(27-43(57)49(63)46(60)30-54)34(24-36)26-42(56)48(62)45(59)29-53/h19-24,41-49,52-63H,4-18,25-30H2,1-3H3. The lowest BCUT2D eigenvalue weighted by atomic mass is 9.85. The Morgan fingerprint density at radius 2 is 0.746 bits per heavy atom. The maximum absolute atomic E-state index is 12.1. The number of rotatable bonds is 32. The van der Waals surface area contributed by atoms with Gasteiger partial charge >= 0.3 is 0 Å². The number of hydrogen-bond acceptors (Lipinski definition) is 12. The van der Waals surface area contributed by atoms with E-state index in [4.69, 9.17) is 0 Å². The van der Waals surface area contributed by atoms with Crippen molar-refractivity contribution >= 4 is 11.4 Å². The summed E-state index contributed by atoms with van der Waals surface area (Å²) in [6.07, 6.45) is 2.75. The molecule has 14 heteroatoms. The molecule has 1 aliphatic heterocycles. The van der Waals surface area contributed by atoms with Gasteiger partial charge in [0.25, 0.3) is 0 Å². The van der Waals surface area contributed by atoms with Gasteiger partial charge in [0.15, 0.2) is 0 Å². The van der Waals surface area contributed by atoms with Gasteiger partial charge in [-0.1, -0.05) is 78.6 Å². The van der Waals surface area contributed by atoms with Crippen LogP contribution in [-0.2, 0) is 38.5 Å². The average molecular weight is 887 g/mol. The highest BCUT2D eigenvalue weighted by molar-refractivity contribution is 5.76. The first-order valence-electron chi connectivity index (χ1n) is 23.3. The van der Waals surface area contributed by atoms with Crippen molar-refractivity contribution in [3.05, 3.63) is 86.5 Å². The lowest BCUT2D eigenvalue weighted by Gasteiger charge is -2.28. The van der Waals surface area contributed by atoms with E-state index in [1.807, 2.05) is 0 Å². The summed E-state index contributed by atoms with van der Waals surface area (Å²) >= 11 is 0. The number of aryl methyl sites for hydroxylation is 2. The van der Waals surface area contributed by atoms with Crippen molar-refractivity contribution in [2.45, 2.75) is 191 Å². The molecule has 0 aromatic heterocycles. The Morgan fingerprint density at radius 1 is 0.413 bits per heavy atom. The zero-order valence-corrected chi connectivity index (χ0v) is 37.8. The molecule has 9 unspecified atom stereocenters. The molecule has 0 aliphatic carbocycles. The number of aliphatic hydroxyl groups is 12. The van der Waals surface area contributed by atoms with Crippen molar-refractivity contribution in [2.75, 3.05) is 19.8 Å². The van der Waals surface area contributed by atoms with Gasteiger partial charge in [-0.15, -0.1) is 0 Å². The molecule has 0 amide bonds. The molecule has 1 aliphatic rings. The lowest BCUT2D eigenvalue weighted by Crippen LogP contribution is -2.42. The zero-order chi connectivity index (χ0) is 46.6. The van der Waals surface area contributed by atoms with Gasteiger partial charge in [-0.25, -0.2) is 4.70 Å². The summed E-state index contributed by atoms with van der Waals surface area (Å²) in [5.41, 5.74) is 18.6. The van der Waals surface area contributed by atoms with Crippen LogP contribution in [0.1, 0.15) is 142 Å². The molecule has 0 saturated heterocycles. The van der Waals surface area contributed by atoms with E-state index in [9.17, 15) is 66.8 Å². The fourth-order valence-electron chi connectivity index (χ4n) is 8.48. The number of benzene rings is 2. The highest BCUT2D eigenvalue weighted by atomic mass is 16.4. The minimum absolute atomic E-state index is 0.177. The van der Waals surface area contributed by atoms with Crippen LogP contribution >= 0.6 is 0 Å². The van der Waals surface area contributed by atoms with E-state index in [0.29, 0.717) is 11.3 Å². The molecule has 2 aromatic rings. The highest BCUT2D eigenvalue weighted by Crippen LogP contribution is 2.37. The third kappa shape index (κ3) is 15.9. The van der Waals surface area contributed by atoms with Gasteiger partial charge in [0, 0.05) is 42.5 Å². The topological polar surface area (TPSA) is 268 Å². The number of nitrogens with zero attached hydrogens (tertiary/aromatic N) is 2. The van der Waals surface area contributed by atoms with Crippen LogP contribution in [0.25, 0.3) is 16.9 Å². The summed E-state index contributed by atoms with van der Waals surface area (Å²) in [4.78, 5) is 0. The van der Waals surface area contributed by atoms with Gasteiger partial charge in [-0.05, 0) is 96.2 Å². The van der Waals surface area contributed by atoms with Crippen LogP contribution in [0.5, 0.6) is 0 Å². The van der Waals surface area contributed by atoms with Crippen molar-refractivity contribution in [2.24, 2.45) is 0 Å². The number of unbranched alkanes of at least 4 members (excludes halogenated alkanes) is 9. The molecule has 3 rings (SSSR count). The quantitative estimate of drug-likeness (QED) is 0.0373. The summed E-state index contributed by atoms with van der Waals surface area (Å²) in [5, 5.41) is 124. The Labute approximate surface area is 374 Å². The van der Waals surface area contributed by atoms with Gasteiger partial charge in [0.2, 0.25) is 11.4 Å². The fraction of sp³-hybridized carbons (Fsp3) is 0.673. The van der Waals surface area contributed by atoms with Crippen molar-refractivity contribution in [3.8, 4) is 0 Å². The van der Waals surface area contributed by atoms with Crippen LogP contribution in [0.3, 0.4) is 0 Å². The van der Waals surface area contributed by atoms with E-state index >= 15 is 0 Å². The second-order valence-corrected chi connectivity index (χ2v) is 17.4. The normalized spacial score (nSPS) is 17.5. The maximum atomic E-state index is 12.1. The van der Waals surface area contributed by atoms with Gasteiger partial charge in [-0.3, -0.25) is 0 Å². The smallest absolute Gasteiger partial charge is 0.207 e. The Kier molecular flexibility index (Phi) is 24.3. The molecule has 9 atom stereocenters. The van der Waals surface area contributed by atoms with E-state index < -0.39 is 94.0 Å². The summed E-state index contributed by atoms with van der Waals surface area (Å²) in [6.45, 7) is 4.00. The van der Waals surface area contributed by atoms with Crippen LogP contribution in [0.15, 0.2) is 36.4 Å². The maximum Gasteiger partial charge on any atom is 0.207 e. The molecule has 0 fully saturated rings. The average Bonchev–Trinajstić information content (AvgIpc) is 3.68. The van der Waals surface area contributed by atoms with Gasteiger partial charge in [0.1, 0.15) is 36.6 Å². The Hall–Kier alpha value is -2.96. The molecule has 0 saturated carbocycles. The Morgan fingerprint density at radius 3 is 1.10 bits per heavy atom. The van der Waals surface area contributed by atoms with E-state index in [-0.39, 0.29) is 22.4 Å². The fourth-order valence-corrected chi connectivity index (χ4v) is 8.48. The second-order valence-electron chi connectivity index (χ2n) is 17.4. The van der Waals surface area contributed by atoms with Crippen LogP contribution in [0.4, 0.5) is 0 Å². The van der Waals surface area contributed by atoms with Crippen LogP contribution in [0.2, 0.25) is 0 Å². The van der Waals surface area contributed by atoms with Crippen molar-refractivity contribution < 1.29 is 66.0 Å². The van der Waals surface area contributed by atoms with Gasteiger partial charge < -0.3 is 66.8 Å². The number of aliphatic hydroxyl groups excluding tert-OH is 12. The number of hydrogen-bond donors (Lipinski definition) is 12. The first-order valence-corrected chi connectivity index (χ1v) is 23.3. The molecule has 0 bridgehead atoms. The van der Waals surface area contributed by atoms with Crippen molar-refractivity contribution in [3.63, 3.8) is 0 Å². The van der Waals surface area contributed by atoms with E-state index in [2.05, 4.69) is 32.9 Å². The number of allylic oxidation sites excluding steroid dienone is 2. The minimum atomic E-state index is -1.85. The molecule has 1 heterocycles. The molecular weight excluding hydrogens is 809 g/mol. The largest absolute Gasteiger partial charge is 0.493 e. The van der Waals surface area contributed by atoms with E-state index in [1.54, 1.807) is 24.3 Å². The Bertz CT molecular complexity index is 1670. The third-order valence-corrected chi connectivity index (χ3v) is 12.4. The van der Waals surface area contributed by atoms with Crippen LogP contribution in [-0.4, -0.2) is 141 Å². The molecular formula is C49H78N2O12. The molecule has 0 spiro atoms. The molecule has 14 nitrogen and oxygen atoms in total. The minimum Gasteiger partial charge on any atom is -0.493 e. The summed E-state index contributed by atoms with van der Waals surface area (Å²) in [6, 6.07) is 7.50. The van der Waals surface area contributed by atoms with E-state index in [0.717, 1.165) is 100 Å². The summed E-state index contributed by atoms with van der Waals surface area (Å²) in [5.74, 6) is 0. The van der Waals surface area contributed by atoms with Crippen LogP contribution in [0, 0.1) is 0 Å². The first-order chi connectivity index (χ1) is 30.2. The van der Waals surface area contributed by atoms with Gasteiger partial charge in [0.05, 0.1) is 38.1 Å². The third-order valence-electron chi connectivity index (χ3n) is 12.4. The van der Waals surface area contributed by atoms with Crippen molar-refractivity contribution in [1.29, 1.82) is 0 Å².